The van der Waals surface area contributed by atoms with Crippen molar-refractivity contribution in [2.75, 3.05) is 13.1 Å². The van der Waals surface area contributed by atoms with Crippen molar-refractivity contribution in [1.82, 2.24) is 20.2 Å². The van der Waals surface area contributed by atoms with Crippen LogP contribution < -0.4 is 5.32 Å². The Balaban J connectivity index is 1.44. The zero-order chi connectivity index (χ0) is 16.4. The third-order valence-electron chi connectivity index (χ3n) is 5.84. The van der Waals surface area contributed by atoms with E-state index in [2.05, 4.69) is 10.3 Å². The summed E-state index contributed by atoms with van der Waals surface area (Å²) >= 11 is 0. The van der Waals surface area contributed by atoms with Gasteiger partial charge in [-0.2, -0.15) is 0 Å². The lowest BCUT2D eigenvalue weighted by Crippen LogP contribution is -2.41. The first kappa shape index (κ1) is 16.0. The molecule has 1 aliphatic carbocycles. The number of rotatable bonds is 2. The molecular weight excluding hydrogens is 300 g/mol. The maximum atomic E-state index is 12.8. The summed E-state index contributed by atoms with van der Waals surface area (Å²) in [5, 5.41) is 3.52. The van der Waals surface area contributed by atoms with Gasteiger partial charge in [0, 0.05) is 37.2 Å². The largest absolute Gasteiger partial charge is 0.338 e. The van der Waals surface area contributed by atoms with Gasteiger partial charge in [-0.05, 0) is 32.2 Å². The zero-order valence-corrected chi connectivity index (χ0v) is 14.5. The summed E-state index contributed by atoms with van der Waals surface area (Å²) in [6.45, 7) is 2.58. The molecule has 0 aromatic carbocycles. The van der Waals surface area contributed by atoms with Gasteiger partial charge in [0.25, 0.3) is 0 Å². The van der Waals surface area contributed by atoms with Crippen molar-refractivity contribution in [3.63, 3.8) is 0 Å². The van der Waals surface area contributed by atoms with E-state index in [4.69, 9.17) is 4.98 Å². The van der Waals surface area contributed by atoms with Crippen molar-refractivity contribution in [3.8, 4) is 0 Å². The van der Waals surface area contributed by atoms with E-state index in [1.54, 1.807) is 0 Å². The minimum atomic E-state index is 0.256. The molecule has 130 valence electrons. The molecule has 1 saturated heterocycles. The molecule has 1 atom stereocenters. The summed E-state index contributed by atoms with van der Waals surface area (Å²) in [6.07, 6.45) is 12.3. The quantitative estimate of drug-likeness (QED) is 0.907. The predicted octanol–water partition coefficient (Wildman–Crippen LogP) is 2.76. The Morgan fingerprint density at radius 2 is 1.96 bits per heavy atom. The van der Waals surface area contributed by atoms with E-state index < -0.39 is 0 Å². The second kappa shape index (κ2) is 7.18. The van der Waals surface area contributed by atoms with Crippen LogP contribution in [-0.4, -0.2) is 33.9 Å². The average Bonchev–Trinajstić information content (AvgIpc) is 2.68. The summed E-state index contributed by atoms with van der Waals surface area (Å²) in [6, 6.07) is 0.311. The van der Waals surface area contributed by atoms with E-state index in [1.165, 1.54) is 32.1 Å². The summed E-state index contributed by atoms with van der Waals surface area (Å²) in [5.74, 6) is 1.56. The van der Waals surface area contributed by atoms with Gasteiger partial charge >= 0.3 is 0 Å². The molecule has 1 unspecified atom stereocenters. The highest BCUT2D eigenvalue weighted by atomic mass is 16.2. The first-order valence-electron chi connectivity index (χ1n) is 9.68. The van der Waals surface area contributed by atoms with Crippen molar-refractivity contribution in [3.05, 3.63) is 23.3 Å². The molecule has 3 heterocycles. The molecule has 4 rings (SSSR count). The van der Waals surface area contributed by atoms with Gasteiger partial charge < -0.3 is 10.2 Å². The third kappa shape index (κ3) is 3.32. The van der Waals surface area contributed by atoms with Crippen LogP contribution in [0.5, 0.6) is 0 Å². The highest BCUT2D eigenvalue weighted by Gasteiger charge is 2.29. The van der Waals surface area contributed by atoms with Gasteiger partial charge in [0.05, 0.1) is 11.7 Å². The fraction of sp³-hybridized carbons (Fsp3) is 0.737. The van der Waals surface area contributed by atoms with Crippen molar-refractivity contribution < 1.29 is 4.79 Å². The van der Waals surface area contributed by atoms with E-state index in [-0.39, 0.29) is 5.92 Å². The van der Waals surface area contributed by atoms with Crippen LogP contribution in [0.2, 0.25) is 0 Å². The van der Waals surface area contributed by atoms with Gasteiger partial charge in [-0.15, -0.1) is 0 Å². The van der Waals surface area contributed by atoms with Crippen LogP contribution >= 0.6 is 0 Å². The number of carbonyl (C=O) groups excluding carboxylic acids is 1. The van der Waals surface area contributed by atoms with Crippen LogP contribution in [0.25, 0.3) is 0 Å². The fourth-order valence-corrected chi connectivity index (χ4v) is 4.37. The molecule has 1 aromatic heterocycles. The summed E-state index contributed by atoms with van der Waals surface area (Å²) in [4.78, 5) is 24.2. The Kier molecular flexibility index (Phi) is 4.79. The number of carbonyl (C=O) groups is 1. The molecule has 0 radical (unpaired) electrons. The standard InChI is InChI=1S/C19H28N4O/c24-19(14-6-2-1-3-7-14)23-11-9-16-15(13-23)12-21-18(22-16)17-8-4-5-10-20-17/h12,14,17,20H,1-11,13H2. The van der Waals surface area contributed by atoms with Crippen LogP contribution in [0.1, 0.15) is 74.5 Å². The van der Waals surface area contributed by atoms with Gasteiger partial charge in [0.1, 0.15) is 5.82 Å². The number of piperidine rings is 1. The lowest BCUT2D eigenvalue weighted by atomic mass is 9.88. The second-order valence-corrected chi connectivity index (χ2v) is 7.55. The number of hydrogen-bond donors (Lipinski definition) is 1. The highest BCUT2D eigenvalue weighted by Crippen LogP contribution is 2.28. The first-order chi connectivity index (χ1) is 11.8. The number of fused-ring (bicyclic) bond motifs is 1. The molecule has 0 bridgehead atoms. The number of hydrogen-bond acceptors (Lipinski definition) is 4. The molecule has 1 saturated carbocycles. The SMILES string of the molecule is O=C(C1CCCCC1)N1CCc2nc(C3CCCCN3)ncc2C1. The Labute approximate surface area is 144 Å². The van der Waals surface area contributed by atoms with Crippen LogP contribution in [-0.2, 0) is 17.8 Å². The van der Waals surface area contributed by atoms with Crippen molar-refractivity contribution >= 4 is 5.91 Å². The molecule has 5 nitrogen and oxygen atoms in total. The number of nitrogens with zero attached hydrogens (tertiary/aromatic N) is 3. The minimum Gasteiger partial charge on any atom is -0.338 e. The molecule has 0 spiro atoms. The van der Waals surface area contributed by atoms with Gasteiger partial charge in [-0.3, -0.25) is 4.79 Å². The maximum absolute atomic E-state index is 12.8. The number of aromatic nitrogens is 2. The monoisotopic (exact) mass is 328 g/mol. The first-order valence-corrected chi connectivity index (χ1v) is 9.68. The van der Waals surface area contributed by atoms with E-state index in [0.717, 1.165) is 55.9 Å². The van der Waals surface area contributed by atoms with Crippen molar-refractivity contribution in [2.24, 2.45) is 5.92 Å². The maximum Gasteiger partial charge on any atom is 0.225 e. The summed E-state index contributed by atoms with van der Waals surface area (Å²) < 4.78 is 0. The smallest absolute Gasteiger partial charge is 0.225 e. The molecule has 2 aliphatic heterocycles. The van der Waals surface area contributed by atoms with Gasteiger partial charge in [-0.1, -0.05) is 25.7 Å². The molecular formula is C19H28N4O. The Morgan fingerprint density at radius 1 is 1.12 bits per heavy atom. The average molecular weight is 328 g/mol. The Hall–Kier alpha value is -1.49. The molecule has 24 heavy (non-hydrogen) atoms. The van der Waals surface area contributed by atoms with Gasteiger partial charge in [0.15, 0.2) is 0 Å². The lowest BCUT2D eigenvalue weighted by molar-refractivity contribution is -0.137. The normalized spacial score (nSPS) is 25.3. The van der Waals surface area contributed by atoms with Crippen LogP contribution in [0, 0.1) is 5.92 Å². The second-order valence-electron chi connectivity index (χ2n) is 7.55. The summed E-state index contributed by atoms with van der Waals surface area (Å²) in [5.41, 5.74) is 2.30. The minimum absolute atomic E-state index is 0.256. The van der Waals surface area contributed by atoms with Crippen LogP contribution in [0.4, 0.5) is 0 Å². The van der Waals surface area contributed by atoms with Gasteiger partial charge in [-0.25, -0.2) is 9.97 Å². The summed E-state index contributed by atoms with van der Waals surface area (Å²) in [7, 11) is 0. The molecule has 1 N–H and O–H groups in total. The van der Waals surface area contributed by atoms with Crippen molar-refractivity contribution in [1.29, 1.82) is 0 Å². The van der Waals surface area contributed by atoms with E-state index in [1.807, 2.05) is 11.1 Å². The zero-order valence-electron chi connectivity index (χ0n) is 14.5. The molecule has 5 heteroatoms. The van der Waals surface area contributed by atoms with Crippen molar-refractivity contribution in [2.45, 2.75) is 70.4 Å². The predicted molar refractivity (Wildman–Crippen MR) is 92.3 cm³/mol. The molecule has 1 amide bonds. The molecule has 2 fully saturated rings. The van der Waals surface area contributed by atoms with Crippen LogP contribution in [0.15, 0.2) is 6.20 Å². The fourth-order valence-electron chi connectivity index (χ4n) is 4.37. The number of nitrogens with one attached hydrogen (secondary N) is 1. The van der Waals surface area contributed by atoms with E-state index in [9.17, 15) is 4.79 Å². The highest BCUT2D eigenvalue weighted by molar-refractivity contribution is 5.79. The van der Waals surface area contributed by atoms with E-state index >= 15 is 0 Å². The Morgan fingerprint density at radius 3 is 2.75 bits per heavy atom. The molecule has 1 aromatic rings. The lowest BCUT2D eigenvalue weighted by Gasteiger charge is -2.33. The third-order valence-corrected chi connectivity index (χ3v) is 5.84. The molecule has 3 aliphatic rings. The van der Waals surface area contributed by atoms with E-state index in [0.29, 0.717) is 18.5 Å². The van der Waals surface area contributed by atoms with Crippen LogP contribution in [0.3, 0.4) is 0 Å². The topological polar surface area (TPSA) is 58.1 Å². The number of amides is 1. The Bertz CT molecular complexity index is 591. The van der Waals surface area contributed by atoms with Gasteiger partial charge in [0.2, 0.25) is 5.91 Å².